The molecule has 3 rings (SSSR count). The van der Waals surface area contributed by atoms with Crippen LogP contribution in [0.25, 0.3) is 11.3 Å². The van der Waals surface area contributed by atoms with Crippen molar-refractivity contribution in [2.24, 2.45) is 10.4 Å². The SMILES string of the molecule is CCNC(=NCC1(CCOC)CCC1)N(C)Cc1ncc(-c2ccccc2)[nH]1.I. The zero-order valence-electron chi connectivity index (χ0n) is 17.8. The highest BCUT2D eigenvalue weighted by atomic mass is 127. The molecule has 0 atom stereocenters. The summed E-state index contributed by atoms with van der Waals surface area (Å²) in [5, 5.41) is 3.42. The lowest BCUT2D eigenvalue weighted by molar-refractivity contribution is 0.0776. The highest BCUT2D eigenvalue weighted by Gasteiger charge is 2.36. The first-order valence-electron chi connectivity index (χ1n) is 10.2. The van der Waals surface area contributed by atoms with E-state index in [1.165, 1.54) is 19.3 Å². The molecule has 1 aliphatic rings. The Morgan fingerprint density at radius 1 is 1.31 bits per heavy atom. The van der Waals surface area contributed by atoms with E-state index in [9.17, 15) is 0 Å². The minimum Gasteiger partial charge on any atom is -0.385 e. The molecule has 0 saturated heterocycles. The van der Waals surface area contributed by atoms with E-state index in [0.29, 0.717) is 12.0 Å². The van der Waals surface area contributed by atoms with Crippen LogP contribution in [-0.2, 0) is 11.3 Å². The third kappa shape index (κ3) is 6.44. The van der Waals surface area contributed by atoms with Crippen molar-refractivity contribution in [2.45, 2.75) is 39.2 Å². The number of benzene rings is 1. The third-order valence-electron chi connectivity index (χ3n) is 5.61. The lowest BCUT2D eigenvalue weighted by Crippen LogP contribution is -2.41. The molecule has 1 aliphatic carbocycles. The third-order valence-corrected chi connectivity index (χ3v) is 5.61. The predicted molar refractivity (Wildman–Crippen MR) is 130 cm³/mol. The van der Waals surface area contributed by atoms with Crippen LogP contribution in [-0.4, -0.2) is 54.7 Å². The number of hydrogen-bond acceptors (Lipinski definition) is 3. The topological polar surface area (TPSA) is 65.5 Å². The summed E-state index contributed by atoms with van der Waals surface area (Å²) in [5.74, 6) is 1.87. The molecule has 6 nitrogen and oxygen atoms in total. The van der Waals surface area contributed by atoms with Gasteiger partial charge >= 0.3 is 0 Å². The number of nitrogens with zero attached hydrogens (tertiary/aromatic N) is 3. The van der Waals surface area contributed by atoms with E-state index >= 15 is 0 Å². The first-order chi connectivity index (χ1) is 13.7. The monoisotopic (exact) mass is 511 g/mol. The Morgan fingerprint density at radius 2 is 2.07 bits per heavy atom. The number of aliphatic imine (C=N–C) groups is 1. The van der Waals surface area contributed by atoms with Crippen LogP contribution in [0.1, 0.15) is 38.4 Å². The molecule has 160 valence electrons. The van der Waals surface area contributed by atoms with Crippen molar-refractivity contribution in [3.8, 4) is 11.3 Å². The highest BCUT2D eigenvalue weighted by molar-refractivity contribution is 14.0. The Labute approximate surface area is 191 Å². The minimum atomic E-state index is 0. The maximum atomic E-state index is 5.31. The van der Waals surface area contributed by atoms with E-state index < -0.39 is 0 Å². The number of H-pyrrole nitrogens is 1. The van der Waals surface area contributed by atoms with E-state index in [1.807, 2.05) is 24.4 Å². The van der Waals surface area contributed by atoms with Crippen molar-refractivity contribution in [3.63, 3.8) is 0 Å². The zero-order valence-corrected chi connectivity index (χ0v) is 20.1. The quantitative estimate of drug-likeness (QED) is 0.300. The normalized spacial score (nSPS) is 15.3. The average Bonchev–Trinajstić information content (AvgIpc) is 3.15. The fourth-order valence-electron chi connectivity index (χ4n) is 3.70. The molecule has 0 aliphatic heterocycles. The number of methoxy groups -OCH3 is 1. The number of aromatic nitrogens is 2. The predicted octanol–water partition coefficient (Wildman–Crippen LogP) is 4.30. The van der Waals surface area contributed by atoms with Gasteiger partial charge in [-0.05, 0) is 37.2 Å². The molecule has 0 unspecified atom stereocenters. The maximum absolute atomic E-state index is 5.31. The van der Waals surface area contributed by atoms with Gasteiger partial charge in [0, 0.05) is 33.9 Å². The molecule has 1 saturated carbocycles. The zero-order chi connectivity index (χ0) is 19.8. The van der Waals surface area contributed by atoms with Gasteiger partial charge in [0.1, 0.15) is 5.82 Å². The summed E-state index contributed by atoms with van der Waals surface area (Å²) >= 11 is 0. The fourth-order valence-corrected chi connectivity index (χ4v) is 3.70. The van der Waals surface area contributed by atoms with Crippen LogP contribution in [0.5, 0.6) is 0 Å². The van der Waals surface area contributed by atoms with Gasteiger partial charge in [0.15, 0.2) is 5.96 Å². The fraction of sp³-hybridized carbons (Fsp3) is 0.545. The molecule has 29 heavy (non-hydrogen) atoms. The number of aromatic amines is 1. The van der Waals surface area contributed by atoms with Crippen LogP contribution >= 0.6 is 24.0 Å². The molecule has 0 radical (unpaired) electrons. The Balaban J connectivity index is 0.00000300. The molecule has 0 spiro atoms. The Bertz CT molecular complexity index is 758. The van der Waals surface area contributed by atoms with Crippen molar-refractivity contribution in [1.82, 2.24) is 20.2 Å². The molecular weight excluding hydrogens is 477 g/mol. The summed E-state index contributed by atoms with van der Waals surface area (Å²) in [6.45, 7) is 5.31. The Morgan fingerprint density at radius 3 is 2.69 bits per heavy atom. The van der Waals surface area contributed by atoms with Crippen molar-refractivity contribution in [2.75, 3.05) is 33.9 Å². The first-order valence-corrected chi connectivity index (χ1v) is 10.2. The second-order valence-corrected chi connectivity index (χ2v) is 7.73. The minimum absolute atomic E-state index is 0. The van der Waals surface area contributed by atoms with Crippen LogP contribution in [0.15, 0.2) is 41.5 Å². The largest absolute Gasteiger partial charge is 0.385 e. The van der Waals surface area contributed by atoms with Gasteiger partial charge in [0.25, 0.3) is 0 Å². The number of halogens is 1. The lowest BCUT2D eigenvalue weighted by Gasteiger charge is -2.41. The Hall–Kier alpha value is -1.61. The molecule has 0 amide bonds. The van der Waals surface area contributed by atoms with Crippen molar-refractivity contribution in [1.29, 1.82) is 0 Å². The van der Waals surface area contributed by atoms with E-state index in [4.69, 9.17) is 9.73 Å². The lowest BCUT2D eigenvalue weighted by atomic mass is 9.67. The van der Waals surface area contributed by atoms with Crippen LogP contribution in [0, 0.1) is 5.41 Å². The molecule has 2 N–H and O–H groups in total. The number of ether oxygens (including phenoxy) is 1. The van der Waals surface area contributed by atoms with Crippen LogP contribution in [0.3, 0.4) is 0 Å². The molecule has 2 aromatic rings. The summed E-state index contributed by atoms with van der Waals surface area (Å²) in [5.41, 5.74) is 2.51. The molecule has 1 aromatic carbocycles. The average molecular weight is 511 g/mol. The van der Waals surface area contributed by atoms with Crippen molar-refractivity contribution >= 4 is 29.9 Å². The van der Waals surface area contributed by atoms with Gasteiger partial charge in [-0.25, -0.2) is 4.98 Å². The summed E-state index contributed by atoms with van der Waals surface area (Å²) in [6, 6.07) is 10.3. The summed E-state index contributed by atoms with van der Waals surface area (Å²) < 4.78 is 5.31. The van der Waals surface area contributed by atoms with E-state index in [-0.39, 0.29) is 24.0 Å². The number of guanidine groups is 1. The van der Waals surface area contributed by atoms with Crippen LogP contribution in [0.2, 0.25) is 0 Å². The van der Waals surface area contributed by atoms with E-state index in [1.54, 1.807) is 7.11 Å². The van der Waals surface area contributed by atoms with Gasteiger partial charge in [-0.1, -0.05) is 36.8 Å². The molecular formula is C22H34IN5O. The maximum Gasteiger partial charge on any atom is 0.194 e. The van der Waals surface area contributed by atoms with Crippen molar-refractivity contribution < 1.29 is 4.74 Å². The van der Waals surface area contributed by atoms with Gasteiger partial charge in [-0.2, -0.15) is 0 Å². The van der Waals surface area contributed by atoms with Crippen LogP contribution in [0.4, 0.5) is 0 Å². The smallest absolute Gasteiger partial charge is 0.194 e. The van der Waals surface area contributed by atoms with E-state index in [2.05, 4.69) is 46.3 Å². The molecule has 0 bridgehead atoms. The number of nitrogens with one attached hydrogen (secondary N) is 2. The Kier molecular flexibility index (Phi) is 9.42. The van der Waals surface area contributed by atoms with E-state index in [0.717, 1.165) is 49.2 Å². The summed E-state index contributed by atoms with van der Waals surface area (Å²) in [4.78, 5) is 15.1. The van der Waals surface area contributed by atoms with Crippen LogP contribution < -0.4 is 5.32 Å². The number of hydrogen-bond donors (Lipinski definition) is 2. The molecule has 1 fully saturated rings. The highest BCUT2D eigenvalue weighted by Crippen LogP contribution is 2.44. The molecule has 7 heteroatoms. The van der Waals surface area contributed by atoms with Gasteiger partial charge < -0.3 is 19.9 Å². The number of rotatable bonds is 9. The van der Waals surface area contributed by atoms with Gasteiger partial charge in [-0.3, -0.25) is 4.99 Å². The molecule has 1 aromatic heterocycles. The van der Waals surface area contributed by atoms with Gasteiger partial charge in [0.2, 0.25) is 0 Å². The number of imidazole rings is 1. The second-order valence-electron chi connectivity index (χ2n) is 7.73. The molecule has 1 heterocycles. The van der Waals surface area contributed by atoms with Gasteiger partial charge in [0.05, 0.1) is 18.4 Å². The first kappa shape index (κ1) is 23.7. The van der Waals surface area contributed by atoms with Gasteiger partial charge in [-0.15, -0.1) is 24.0 Å². The van der Waals surface area contributed by atoms with Crippen molar-refractivity contribution in [3.05, 3.63) is 42.4 Å². The standard InChI is InChI=1S/C22H33N5O.HI/c1-4-23-21(25-17-22(11-8-12-22)13-14-28-3)27(2)16-20-24-15-19(26-20)18-9-6-5-7-10-18;/h5-7,9-10,15H,4,8,11-14,16-17H2,1-3H3,(H,23,25)(H,24,26);1H. The summed E-state index contributed by atoms with van der Waals surface area (Å²) in [6.07, 6.45) is 6.80. The summed E-state index contributed by atoms with van der Waals surface area (Å²) in [7, 11) is 3.84. The second kappa shape index (κ2) is 11.5.